The maximum absolute atomic E-state index is 10.9. The number of ether oxygens (including phenoxy) is 1. The quantitative estimate of drug-likeness (QED) is 0.682. The average Bonchev–Trinajstić information content (AvgIpc) is 2.46. The molecule has 1 saturated heterocycles. The van der Waals surface area contributed by atoms with Gasteiger partial charge in [-0.2, -0.15) is 0 Å². The van der Waals surface area contributed by atoms with E-state index in [0.717, 1.165) is 31.6 Å². The average molecular weight is 302 g/mol. The van der Waals surface area contributed by atoms with Crippen LogP contribution in [0.1, 0.15) is 12.8 Å². The van der Waals surface area contributed by atoms with Gasteiger partial charge in [-0.15, -0.1) is 12.4 Å². The summed E-state index contributed by atoms with van der Waals surface area (Å²) in [6.07, 6.45) is 2.16. The van der Waals surface area contributed by atoms with Gasteiger partial charge in [0.15, 0.2) is 5.75 Å². The summed E-state index contributed by atoms with van der Waals surface area (Å²) in [5.41, 5.74) is 0.994. The van der Waals surface area contributed by atoms with Crippen LogP contribution in [-0.2, 0) is 0 Å². The molecule has 0 saturated carbocycles. The number of methoxy groups -OCH3 is 1. The summed E-state index contributed by atoms with van der Waals surface area (Å²) >= 11 is 0. The lowest BCUT2D eigenvalue weighted by Gasteiger charge is -2.33. The number of piperidine rings is 1. The Hall–Kier alpha value is -1.53. The number of benzene rings is 1. The van der Waals surface area contributed by atoms with Crippen molar-refractivity contribution in [2.75, 3.05) is 32.1 Å². The fraction of sp³-hybridized carbons (Fsp3) is 0.538. The Labute approximate surface area is 124 Å². The van der Waals surface area contributed by atoms with Gasteiger partial charge in [-0.3, -0.25) is 10.1 Å². The van der Waals surface area contributed by atoms with Gasteiger partial charge in [-0.25, -0.2) is 0 Å². The Morgan fingerprint density at radius 1 is 1.40 bits per heavy atom. The Morgan fingerprint density at radius 2 is 2.05 bits per heavy atom. The molecular weight excluding hydrogens is 282 g/mol. The molecule has 0 radical (unpaired) electrons. The Balaban J connectivity index is 0.00000200. The highest BCUT2D eigenvalue weighted by Gasteiger charge is 2.21. The molecule has 0 spiro atoms. The van der Waals surface area contributed by atoms with Crippen molar-refractivity contribution in [3.05, 3.63) is 28.3 Å². The summed E-state index contributed by atoms with van der Waals surface area (Å²) in [4.78, 5) is 12.7. The predicted octanol–water partition coefficient (Wildman–Crippen LogP) is 2.21. The predicted molar refractivity (Wildman–Crippen MR) is 81.2 cm³/mol. The third-order valence-corrected chi connectivity index (χ3v) is 3.63. The van der Waals surface area contributed by atoms with Gasteiger partial charge in [-0.1, -0.05) is 0 Å². The van der Waals surface area contributed by atoms with Gasteiger partial charge in [0.25, 0.3) is 0 Å². The van der Waals surface area contributed by atoms with E-state index in [9.17, 15) is 10.1 Å². The second-order valence-electron chi connectivity index (χ2n) is 4.66. The molecule has 1 aliphatic heterocycles. The normalized spacial score (nSPS) is 15.6. The van der Waals surface area contributed by atoms with Crippen LogP contribution in [0.3, 0.4) is 0 Å². The summed E-state index contributed by atoms with van der Waals surface area (Å²) in [5.74, 6) is 0.318. The van der Waals surface area contributed by atoms with Gasteiger partial charge in [-0.05, 0) is 26.0 Å². The van der Waals surface area contributed by atoms with Gasteiger partial charge < -0.3 is 15.0 Å². The number of hydrogen-bond acceptors (Lipinski definition) is 5. The van der Waals surface area contributed by atoms with Gasteiger partial charge in [0.05, 0.1) is 12.0 Å². The molecule has 0 bridgehead atoms. The Kier molecular flexibility index (Phi) is 6.04. The van der Waals surface area contributed by atoms with E-state index in [1.54, 1.807) is 12.1 Å². The van der Waals surface area contributed by atoms with Crippen LogP contribution in [0.25, 0.3) is 0 Å². The third-order valence-electron chi connectivity index (χ3n) is 3.63. The number of rotatable bonds is 4. The van der Waals surface area contributed by atoms with Crippen molar-refractivity contribution in [1.29, 1.82) is 0 Å². The number of halogens is 1. The first-order valence-corrected chi connectivity index (χ1v) is 6.40. The van der Waals surface area contributed by atoms with Crippen LogP contribution in [0.4, 0.5) is 11.4 Å². The van der Waals surface area contributed by atoms with Gasteiger partial charge in [0.1, 0.15) is 0 Å². The maximum atomic E-state index is 10.9. The first kappa shape index (κ1) is 16.5. The van der Waals surface area contributed by atoms with Crippen molar-refractivity contribution in [1.82, 2.24) is 5.32 Å². The molecule has 1 aromatic rings. The summed E-state index contributed by atoms with van der Waals surface area (Å²) < 4.78 is 5.10. The largest absolute Gasteiger partial charge is 0.490 e. The lowest BCUT2D eigenvalue weighted by Crippen LogP contribution is -2.41. The van der Waals surface area contributed by atoms with Crippen molar-refractivity contribution in [2.24, 2.45) is 0 Å². The van der Waals surface area contributed by atoms with Gasteiger partial charge in [0.2, 0.25) is 0 Å². The minimum Gasteiger partial charge on any atom is -0.490 e. The van der Waals surface area contributed by atoms with E-state index in [4.69, 9.17) is 4.74 Å². The monoisotopic (exact) mass is 301 g/mol. The summed E-state index contributed by atoms with van der Waals surface area (Å²) in [6.45, 7) is 1.90. The number of anilines is 1. The van der Waals surface area contributed by atoms with Crippen molar-refractivity contribution >= 4 is 23.8 Å². The highest BCUT2D eigenvalue weighted by atomic mass is 35.5. The van der Waals surface area contributed by atoms with Crippen LogP contribution in [-0.4, -0.2) is 38.2 Å². The number of nitrogens with zero attached hydrogens (tertiary/aromatic N) is 2. The first-order valence-electron chi connectivity index (χ1n) is 6.40. The van der Waals surface area contributed by atoms with Gasteiger partial charge in [0, 0.05) is 37.0 Å². The lowest BCUT2D eigenvalue weighted by molar-refractivity contribution is -0.385. The minimum absolute atomic E-state index is 0. The number of hydrogen-bond donors (Lipinski definition) is 1. The zero-order chi connectivity index (χ0) is 13.8. The van der Waals surface area contributed by atoms with Gasteiger partial charge >= 0.3 is 5.69 Å². The Morgan fingerprint density at radius 3 is 2.55 bits per heavy atom. The molecule has 2 rings (SSSR count). The van der Waals surface area contributed by atoms with E-state index in [0.29, 0.717) is 11.8 Å². The fourth-order valence-electron chi connectivity index (χ4n) is 2.44. The van der Waals surface area contributed by atoms with E-state index in [1.807, 2.05) is 7.05 Å². The highest BCUT2D eigenvalue weighted by molar-refractivity contribution is 5.85. The van der Waals surface area contributed by atoms with Crippen LogP contribution >= 0.6 is 12.4 Å². The van der Waals surface area contributed by atoms with E-state index in [-0.39, 0.29) is 18.1 Å². The van der Waals surface area contributed by atoms with Crippen molar-refractivity contribution in [3.8, 4) is 5.75 Å². The van der Waals surface area contributed by atoms with Crippen LogP contribution in [0, 0.1) is 10.1 Å². The molecule has 0 aliphatic carbocycles. The van der Waals surface area contributed by atoms with Crippen molar-refractivity contribution in [2.45, 2.75) is 18.9 Å². The molecule has 1 aromatic carbocycles. The first-order chi connectivity index (χ1) is 9.15. The number of nitro groups is 1. The molecule has 0 unspecified atom stereocenters. The molecule has 112 valence electrons. The summed E-state index contributed by atoms with van der Waals surface area (Å²) in [7, 11) is 3.44. The Bertz CT molecular complexity index is 462. The van der Waals surface area contributed by atoms with Crippen LogP contribution in [0.15, 0.2) is 18.2 Å². The molecule has 1 heterocycles. The van der Waals surface area contributed by atoms with E-state index in [2.05, 4.69) is 10.2 Å². The molecule has 0 aromatic heterocycles. The smallest absolute Gasteiger partial charge is 0.311 e. The topological polar surface area (TPSA) is 67.6 Å². The second-order valence-corrected chi connectivity index (χ2v) is 4.66. The van der Waals surface area contributed by atoms with E-state index in [1.165, 1.54) is 13.2 Å². The zero-order valence-corrected chi connectivity index (χ0v) is 12.5. The number of nitro benzene ring substituents is 1. The molecule has 7 heteroatoms. The van der Waals surface area contributed by atoms with Crippen LogP contribution < -0.4 is 15.0 Å². The standard InChI is InChI=1S/C13H19N3O3.ClH/c1-14-10-5-7-15(8-6-10)11-3-4-12(16(17)18)13(9-11)19-2;/h3-4,9-10,14H,5-8H2,1-2H3;1H. The van der Waals surface area contributed by atoms with Crippen LogP contribution in [0.2, 0.25) is 0 Å². The molecule has 1 N–H and O–H groups in total. The molecule has 1 aliphatic rings. The molecule has 1 fully saturated rings. The maximum Gasteiger partial charge on any atom is 0.311 e. The molecule has 0 atom stereocenters. The number of nitrogens with one attached hydrogen (secondary N) is 1. The summed E-state index contributed by atoms with van der Waals surface area (Å²) in [6, 6.07) is 5.62. The van der Waals surface area contributed by atoms with Crippen molar-refractivity contribution in [3.63, 3.8) is 0 Å². The van der Waals surface area contributed by atoms with Crippen molar-refractivity contribution < 1.29 is 9.66 Å². The van der Waals surface area contributed by atoms with E-state index < -0.39 is 4.92 Å². The molecular formula is C13H20ClN3O3. The van der Waals surface area contributed by atoms with Crippen LogP contribution in [0.5, 0.6) is 5.75 Å². The SMILES string of the molecule is CNC1CCN(c2ccc([N+](=O)[O-])c(OC)c2)CC1.Cl. The molecule has 20 heavy (non-hydrogen) atoms. The minimum atomic E-state index is -0.421. The second kappa shape index (κ2) is 7.31. The fourth-order valence-corrected chi connectivity index (χ4v) is 2.44. The lowest BCUT2D eigenvalue weighted by atomic mass is 10.0. The zero-order valence-electron chi connectivity index (χ0n) is 11.7. The third kappa shape index (κ3) is 3.52. The van der Waals surface area contributed by atoms with E-state index >= 15 is 0 Å². The highest BCUT2D eigenvalue weighted by Crippen LogP contribution is 2.32. The molecule has 0 amide bonds. The molecule has 6 nitrogen and oxygen atoms in total. The summed E-state index contributed by atoms with van der Waals surface area (Å²) in [5, 5.41) is 14.1.